The number of rotatable bonds is 7. The van der Waals surface area contributed by atoms with Crippen LogP contribution in [0.15, 0.2) is 78.9 Å². The Labute approximate surface area is 168 Å². The fourth-order valence-electron chi connectivity index (χ4n) is 2.81. The lowest BCUT2D eigenvalue weighted by Crippen LogP contribution is -2.26. The third kappa shape index (κ3) is 5.57. The predicted octanol–water partition coefficient (Wildman–Crippen LogP) is 3.39. The van der Waals surface area contributed by atoms with Crippen molar-refractivity contribution >= 4 is 23.3 Å². The lowest BCUT2D eigenvalue weighted by molar-refractivity contribution is -0.123. The molecule has 7 heteroatoms. The summed E-state index contributed by atoms with van der Waals surface area (Å²) in [5, 5.41) is 5.36. The van der Waals surface area contributed by atoms with Crippen LogP contribution >= 0.6 is 0 Å². The molecule has 6 N–H and O–H groups in total. The highest BCUT2D eigenvalue weighted by molar-refractivity contribution is 5.95. The van der Waals surface area contributed by atoms with Crippen molar-refractivity contribution < 1.29 is 14.3 Å². The van der Waals surface area contributed by atoms with E-state index >= 15 is 0 Å². The Hall–Kier alpha value is -3.84. The second kappa shape index (κ2) is 9.38. The van der Waals surface area contributed by atoms with Gasteiger partial charge in [-0.25, -0.2) is 4.79 Å². The maximum absolute atomic E-state index is 13.0. The summed E-state index contributed by atoms with van der Waals surface area (Å²) in [5.41, 5.74) is 13.5. The van der Waals surface area contributed by atoms with E-state index in [2.05, 4.69) is 10.6 Å². The van der Waals surface area contributed by atoms with E-state index in [4.69, 9.17) is 16.2 Å². The maximum Gasteiger partial charge on any atom is 0.316 e. The quantitative estimate of drug-likeness (QED) is 0.494. The van der Waals surface area contributed by atoms with Crippen LogP contribution in [0.3, 0.4) is 0 Å². The van der Waals surface area contributed by atoms with Crippen LogP contribution in [0.4, 0.5) is 16.2 Å². The Morgan fingerprint density at radius 3 is 2.24 bits per heavy atom. The van der Waals surface area contributed by atoms with E-state index in [0.29, 0.717) is 29.2 Å². The van der Waals surface area contributed by atoms with Gasteiger partial charge in [0.2, 0.25) is 6.10 Å². The van der Waals surface area contributed by atoms with Gasteiger partial charge in [0.1, 0.15) is 5.75 Å². The van der Waals surface area contributed by atoms with Crippen LogP contribution in [0, 0.1) is 0 Å². The molecule has 0 saturated heterocycles. The number of hydrogen-bond acceptors (Lipinski definition) is 4. The van der Waals surface area contributed by atoms with Gasteiger partial charge < -0.3 is 26.8 Å². The molecule has 0 aliphatic heterocycles. The number of benzene rings is 3. The van der Waals surface area contributed by atoms with Crippen molar-refractivity contribution in [3.05, 3.63) is 90.0 Å². The summed E-state index contributed by atoms with van der Waals surface area (Å²) in [4.78, 5) is 24.1. The fourth-order valence-corrected chi connectivity index (χ4v) is 2.81. The van der Waals surface area contributed by atoms with E-state index in [0.717, 1.165) is 5.56 Å². The largest absolute Gasteiger partial charge is 0.476 e. The van der Waals surface area contributed by atoms with Crippen molar-refractivity contribution in [3.63, 3.8) is 0 Å². The topological polar surface area (TPSA) is 119 Å². The molecule has 0 bridgehead atoms. The van der Waals surface area contributed by atoms with Gasteiger partial charge in [-0.3, -0.25) is 4.79 Å². The van der Waals surface area contributed by atoms with Gasteiger partial charge in [0.05, 0.1) is 0 Å². The van der Waals surface area contributed by atoms with Gasteiger partial charge in [0.25, 0.3) is 5.91 Å². The molecule has 1 atom stereocenters. The minimum atomic E-state index is -0.901. The predicted molar refractivity (Wildman–Crippen MR) is 112 cm³/mol. The molecule has 148 valence electrons. The summed E-state index contributed by atoms with van der Waals surface area (Å²) in [5.74, 6) is 0.0783. The number of amides is 3. The molecule has 3 aromatic rings. The molecule has 0 heterocycles. The Morgan fingerprint density at radius 2 is 1.55 bits per heavy atom. The first-order valence-corrected chi connectivity index (χ1v) is 9.03. The maximum atomic E-state index is 13.0. The van der Waals surface area contributed by atoms with Crippen molar-refractivity contribution in [2.45, 2.75) is 12.6 Å². The molecule has 3 amide bonds. The molecule has 0 aliphatic rings. The highest BCUT2D eigenvalue weighted by atomic mass is 16.5. The zero-order valence-corrected chi connectivity index (χ0v) is 15.7. The first kappa shape index (κ1) is 19.9. The molecule has 0 fully saturated rings. The molecular weight excluding hydrogens is 368 g/mol. The van der Waals surface area contributed by atoms with Gasteiger partial charge in [0, 0.05) is 29.5 Å². The van der Waals surface area contributed by atoms with Gasteiger partial charge in [-0.2, -0.15) is 0 Å². The molecule has 0 saturated carbocycles. The van der Waals surface area contributed by atoms with Crippen LogP contribution in [0.1, 0.15) is 17.2 Å². The molecule has 3 aromatic carbocycles. The number of primary amides is 1. The first-order valence-electron chi connectivity index (χ1n) is 9.03. The van der Waals surface area contributed by atoms with Crippen LogP contribution in [-0.2, 0) is 11.3 Å². The minimum absolute atomic E-state index is 0.335. The fraction of sp³-hybridized carbons (Fsp3) is 0.0909. The van der Waals surface area contributed by atoms with Crippen molar-refractivity contribution in [1.82, 2.24) is 0 Å². The highest BCUT2D eigenvalue weighted by Crippen LogP contribution is 2.26. The lowest BCUT2D eigenvalue weighted by Gasteiger charge is -2.20. The Bertz CT molecular complexity index is 992. The second-order valence-corrected chi connectivity index (χ2v) is 6.32. The first-order chi connectivity index (χ1) is 14.0. The number of urea groups is 1. The monoisotopic (exact) mass is 390 g/mol. The van der Waals surface area contributed by atoms with E-state index in [9.17, 15) is 9.59 Å². The van der Waals surface area contributed by atoms with E-state index in [1.807, 2.05) is 48.5 Å². The van der Waals surface area contributed by atoms with Gasteiger partial charge in [0.15, 0.2) is 0 Å². The number of nitrogens with two attached hydrogens (primary N) is 2. The summed E-state index contributed by atoms with van der Waals surface area (Å²) in [7, 11) is 0. The molecule has 0 aromatic heterocycles. The average molecular weight is 390 g/mol. The Morgan fingerprint density at radius 1 is 0.862 bits per heavy atom. The van der Waals surface area contributed by atoms with Crippen molar-refractivity contribution in [1.29, 1.82) is 0 Å². The summed E-state index contributed by atoms with van der Waals surface area (Å²) in [6, 6.07) is 22.5. The minimum Gasteiger partial charge on any atom is -0.476 e. The van der Waals surface area contributed by atoms with Gasteiger partial charge in [-0.05, 0) is 29.8 Å². The SMILES string of the molecule is NCc1cccc(NC(=O)C(Oc2cccc(NC(N)=O)c2)c2ccccc2)c1. The zero-order chi connectivity index (χ0) is 20.6. The van der Waals surface area contributed by atoms with Crippen molar-refractivity contribution in [2.24, 2.45) is 11.5 Å². The molecule has 3 rings (SSSR count). The number of carbonyl (C=O) groups excluding carboxylic acids is 2. The van der Waals surface area contributed by atoms with Gasteiger partial charge in [-0.1, -0.05) is 48.5 Å². The highest BCUT2D eigenvalue weighted by Gasteiger charge is 2.23. The van der Waals surface area contributed by atoms with E-state index in [1.54, 1.807) is 30.3 Å². The van der Waals surface area contributed by atoms with Crippen LogP contribution < -0.4 is 26.8 Å². The molecule has 0 radical (unpaired) electrons. The average Bonchev–Trinajstić information content (AvgIpc) is 2.72. The molecule has 0 aliphatic carbocycles. The third-order valence-corrected chi connectivity index (χ3v) is 4.13. The standard InChI is InChI=1S/C22H22N4O3/c23-14-15-6-4-9-17(12-15)25-21(27)20(16-7-2-1-3-8-16)29-19-11-5-10-18(13-19)26-22(24)28/h1-13,20H,14,23H2,(H,25,27)(H3,24,26,28). The second-order valence-electron chi connectivity index (χ2n) is 6.32. The van der Waals surface area contributed by atoms with Gasteiger partial charge >= 0.3 is 6.03 Å². The number of hydrogen-bond donors (Lipinski definition) is 4. The van der Waals surface area contributed by atoms with Crippen molar-refractivity contribution in [3.8, 4) is 5.75 Å². The normalized spacial score (nSPS) is 11.3. The smallest absolute Gasteiger partial charge is 0.316 e. The van der Waals surface area contributed by atoms with Gasteiger partial charge in [-0.15, -0.1) is 0 Å². The number of ether oxygens (including phenoxy) is 1. The van der Waals surface area contributed by atoms with E-state index < -0.39 is 12.1 Å². The summed E-state index contributed by atoms with van der Waals surface area (Å²) in [6.45, 7) is 0.377. The van der Waals surface area contributed by atoms with Crippen LogP contribution in [0.25, 0.3) is 0 Å². The van der Waals surface area contributed by atoms with Crippen LogP contribution in [0.2, 0.25) is 0 Å². The number of nitrogens with one attached hydrogen (secondary N) is 2. The van der Waals surface area contributed by atoms with E-state index in [-0.39, 0.29) is 5.91 Å². The summed E-state index contributed by atoms with van der Waals surface area (Å²) < 4.78 is 5.98. The summed E-state index contributed by atoms with van der Waals surface area (Å²) >= 11 is 0. The molecule has 7 nitrogen and oxygen atoms in total. The molecule has 1 unspecified atom stereocenters. The van der Waals surface area contributed by atoms with Crippen LogP contribution in [-0.4, -0.2) is 11.9 Å². The molecular formula is C22H22N4O3. The van der Waals surface area contributed by atoms with Crippen molar-refractivity contribution in [2.75, 3.05) is 10.6 Å². The lowest BCUT2D eigenvalue weighted by atomic mass is 10.1. The summed E-state index contributed by atoms with van der Waals surface area (Å²) in [6.07, 6.45) is -0.901. The Balaban J connectivity index is 1.85. The third-order valence-electron chi connectivity index (χ3n) is 4.13. The van der Waals surface area contributed by atoms with E-state index in [1.165, 1.54) is 0 Å². The Kier molecular flexibility index (Phi) is 6.44. The zero-order valence-electron chi connectivity index (χ0n) is 15.7. The number of anilines is 2. The number of carbonyl (C=O) groups is 2. The molecule has 0 spiro atoms. The molecule has 29 heavy (non-hydrogen) atoms. The van der Waals surface area contributed by atoms with Crippen LogP contribution in [0.5, 0.6) is 5.75 Å².